The first-order valence-corrected chi connectivity index (χ1v) is 7.16. The number of thioether (sulfide) groups is 1. The third kappa shape index (κ3) is 3.10. The second-order valence-electron chi connectivity index (χ2n) is 3.91. The zero-order valence-corrected chi connectivity index (χ0v) is 11.6. The molecule has 1 heterocycles. The first-order chi connectivity index (χ1) is 8.72. The number of ether oxygens (including phenoxy) is 1. The van der Waals surface area contributed by atoms with Gasteiger partial charge < -0.3 is 10.1 Å². The van der Waals surface area contributed by atoms with Crippen LogP contribution in [0.3, 0.4) is 0 Å². The largest absolute Gasteiger partial charge is 0.496 e. The average molecular weight is 287 g/mol. The fraction of sp³-hybridized carbons (Fsp3) is 0.417. The van der Waals surface area contributed by atoms with Gasteiger partial charge in [-0.3, -0.25) is 10.1 Å². The molecular weight excluding hydrogens is 272 g/mol. The summed E-state index contributed by atoms with van der Waals surface area (Å²) in [6, 6.07) is 5.33. The Morgan fingerprint density at radius 3 is 3.17 bits per heavy atom. The van der Waals surface area contributed by atoms with E-state index in [2.05, 4.69) is 10.6 Å². The van der Waals surface area contributed by atoms with Crippen molar-refractivity contribution in [1.29, 1.82) is 0 Å². The molecule has 1 aliphatic heterocycles. The van der Waals surface area contributed by atoms with E-state index < -0.39 is 0 Å². The maximum atomic E-state index is 11.9. The fourth-order valence-corrected chi connectivity index (χ4v) is 2.94. The van der Waals surface area contributed by atoms with Crippen LogP contribution in [0.4, 0.5) is 0 Å². The lowest BCUT2D eigenvalue weighted by atomic mass is 10.2. The second kappa shape index (κ2) is 6.31. The minimum atomic E-state index is -0.108. The van der Waals surface area contributed by atoms with E-state index in [0.717, 1.165) is 17.2 Å². The molecule has 1 unspecified atom stereocenters. The molecule has 0 spiro atoms. The first-order valence-electron chi connectivity index (χ1n) is 5.62. The van der Waals surface area contributed by atoms with Crippen LogP contribution in [0.2, 0.25) is 5.02 Å². The summed E-state index contributed by atoms with van der Waals surface area (Å²) in [7, 11) is 1.59. The summed E-state index contributed by atoms with van der Waals surface area (Å²) < 4.78 is 5.23. The Kier molecular flexibility index (Phi) is 4.74. The van der Waals surface area contributed by atoms with Crippen molar-refractivity contribution >= 4 is 29.3 Å². The number of carbonyl (C=O) groups excluding carboxylic acids is 1. The number of hydrogen-bond acceptors (Lipinski definition) is 4. The van der Waals surface area contributed by atoms with Gasteiger partial charge >= 0.3 is 0 Å². The van der Waals surface area contributed by atoms with Gasteiger partial charge in [0.25, 0.3) is 0 Å². The third-order valence-electron chi connectivity index (χ3n) is 2.77. The molecule has 2 N–H and O–H groups in total. The first kappa shape index (κ1) is 13.5. The number of rotatable bonds is 4. The molecule has 4 nitrogen and oxygen atoms in total. The Hall–Kier alpha value is -0.910. The SMILES string of the molecule is COc1cccc(Cl)c1CNC(=O)C1CSCN1. The van der Waals surface area contributed by atoms with Crippen LogP contribution >= 0.6 is 23.4 Å². The highest BCUT2D eigenvalue weighted by molar-refractivity contribution is 7.99. The van der Waals surface area contributed by atoms with E-state index in [9.17, 15) is 4.79 Å². The normalized spacial score (nSPS) is 18.7. The molecule has 0 bridgehead atoms. The van der Waals surface area contributed by atoms with Crippen LogP contribution in [0.1, 0.15) is 5.56 Å². The van der Waals surface area contributed by atoms with Crippen LogP contribution < -0.4 is 15.4 Å². The summed E-state index contributed by atoms with van der Waals surface area (Å²) in [5, 5.41) is 6.60. The van der Waals surface area contributed by atoms with Crippen molar-refractivity contribution in [3.63, 3.8) is 0 Å². The highest BCUT2D eigenvalue weighted by Crippen LogP contribution is 2.25. The van der Waals surface area contributed by atoms with Crippen molar-refractivity contribution in [1.82, 2.24) is 10.6 Å². The Balaban J connectivity index is 1.99. The van der Waals surface area contributed by atoms with Crippen LogP contribution in [0.25, 0.3) is 0 Å². The van der Waals surface area contributed by atoms with Crippen molar-refractivity contribution in [2.75, 3.05) is 18.7 Å². The second-order valence-corrected chi connectivity index (χ2v) is 5.35. The van der Waals surface area contributed by atoms with Crippen LogP contribution in [-0.2, 0) is 11.3 Å². The molecule has 6 heteroatoms. The van der Waals surface area contributed by atoms with Gasteiger partial charge in [0.05, 0.1) is 13.2 Å². The summed E-state index contributed by atoms with van der Waals surface area (Å²) in [6.45, 7) is 0.379. The van der Waals surface area contributed by atoms with Gasteiger partial charge in [-0.15, -0.1) is 11.8 Å². The van der Waals surface area contributed by atoms with Gasteiger partial charge in [-0.2, -0.15) is 0 Å². The minimum Gasteiger partial charge on any atom is -0.496 e. The number of halogens is 1. The molecule has 2 rings (SSSR count). The maximum absolute atomic E-state index is 11.9. The summed E-state index contributed by atoms with van der Waals surface area (Å²) >= 11 is 7.82. The summed E-state index contributed by atoms with van der Waals surface area (Å²) in [5.74, 6) is 2.33. The molecule has 1 aromatic carbocycles. The van der Waals surface area contributed by atoms with Gasteiger partial charge in [-0.05, 0) is 12.1 Å². The lowest BCUT2D eigenvalue weighted by Gasteiger charge is -2.13. The molecule has 1 fully saturated rings. The molecule has 0 saturated carbocycles. The zero-order chi connectivity index (χ0) is 13.0. The van der Waals surface area contributed by atoms with Crippen LogP contribution in [0, 0.1) is 0 Å². The van der Waals surface area contributed by atoms with Gasteiger partial charge in [0.1, 0.15) is 5.75 Å². The van der Waals surface area contributed by atoms with E-state index in [0.29, 0.717) is 17.3 Å². The van der Waals surface area contributed by atoms with E-state index in [-0.39, 0.29) is 11.9 Å². The maximum Gasteiger partial charge on any atom is 0.238 e. The molecule has 0 aromatic heterocycles. The number of amides is 1. The van der Waals surface area contributed by atoms with Crippen molar-refractivity contribution in [2.45, 2.75) is 12.6 Å². The van der Waals surface area contributed by atoms with Crippen LogP contribution in [0.5, 0.6) is 5.75 Å². The van der Waals surface area contributed by atoms with E-state index >= 15 is 0 Å². The lowest BCUT2D eigenvalue weighted by molar-refractivity contribution is -0.122. The molecule has 1 aliphatic rings. The minimum absolute atomic E-state index is 0.00183. The van der Waals surface area contributed by atoms with E-state index in [4.69, 9.17) is 16.3 Å². The lowest BCUT2D eigenvalue weighted by Crippen LogP contribution is -2.41. The summed E-state index contributed by atoms with van der Waals surface area (Å²) in [5.41, 5.74) is 0.806. The number of nitrogens with one attached hydrogen (secondary N) is 2. The highest BCUT2D eigenvalue weighted by atomic mass is 35.5. The standard InChI is InChI=1S/C12H15ClN2O2S/c1-17-11-4-2-3-9(13)8(11)5-14-12(16)10-6-18-7-15-10/h2-4,10,15H,5-7H2,1H3,(H,14,16). The third-order valence-corrected chi connectivity index (χ3v) is 4.06. The van der Waals surface area contributed by atoms with Gasteiger partial charge in [-0.1, -0.05) is 17.7 Å². The van der Waals surface area contributed by atoms with Crippen molar-refractivity contribution in [3.8, 4) is 5.75 Å². The molecule has 0 aliphatic carbocycles. The molecule has 18 heavy (non-hydrogen) atoms. The molecule has 1 saturated heterocycles. The van der Waals surface area contributed by atoms with Gasteiger partial charge in [0, 0.05) is 28.8 Å². The number of methoxy groups -OCH3 is 1. The topological polar surface area (TPSA) is 50.4 Å². The Morgan fingerprint density at radius 2 is 2.50 bits per heavy atom. The van der Waals surface area contributed by atoms with Crippen molar-refractivity contribution < 1.29 is 9.53 Å². The number of carbonyl (C=O) groups is 1. The molecule has 0 radical (unpaired) electrons. The van der Waals surface area contributed by atoms with E-state index in [1.165, 1.54) is 0 Å². The highest BCUT2D eigenvalue weighted by Gasteiger charge is 2.22. The Bertz CT molecular complexity index is 436. The van der Waals surface area contributed by atoms with Crippen molar-refractivity contribution in [3.05, 3.63) is 28.8 Å². The smallest absolute Gasteiger partial charge is 0.238 e. The average Bonchev–Trinajstić information content (AvgIpc) is 2.90. The molecule has 1 atom stereocenters. The van der Waals surface area contributed by atoms with Crippen LogP contribution in [0.15, 0.2) is 18.2 Å². The predicted octanol–water partition coefficient (Wildman–Crippen LogP) is 1.63. The fourth-order valence-electron chi connectivity index (χ4n) is 1.76. The summed E-state index contributed by atoms with van der Waals surface area (Å²) in [6.07, 6.45) is 0. The molecule has 1 amide bonds. The molecular formula is C12H15ClN2O2S. The van der Waals surface area contributed by atoms with Gasteiger partial charge in [-0.25, -0.2) is 0 Å². The number of benzene rings is 1. The van der Waals surface area contributed by atoms with Gasteiger partial charge in [0.2, 0.25) is 5.91 Å². The molecule has 1 aromatic rings. The van der Waals surface area contributed by atoms with Gasteiger partial charge in [0.15, 0.2) is 0 Å². The zero-order valence-electron chi connectivity index (χ0n) is 10.0. The number of hydrogen-bond donors (Lipinski definition) is 2. The van der Waals surface area contributed by atoms with Crippen molar-refractivity contribution in [2.24, 2.45) is 0 Å². The predicted molar refractivity (Wildman–Crippen MR) is 74.1 cm³/mol. The quantitative estimate of drug-likeness (QED) is 0.883. The monoisotopic (exact) mass is 286 g/mol. The molecule has 98 valence electrons. The summed E-state index contributed by atoms with van der Waals surface area (Å²) in [4.78, 5) is 11.9. The Morgan fingerprint density at radius 1 is 1.67 bits per heavy atom. The van der Waals surface area contributed by atoms with E-state index in [1.54, 1.807) is 24.9 Å². The van der Waals surface area contributed by atoms with E-state index in [1.807, 2.05) is 12.1 Å². The Labute approximate surface area is 115 Å². The van der Waals surface area contributed by atoms with Crippen LogP contribution in [-0.4, -0.2) is 30.7 Å².